The number of benzene rings is 1. The van der Waals surface area contributed by atoms with Gasteiger partial charge in [-0.1, -0.05) is 23.5 Å². The highest BCUT2D eigenvalue weighted by Crippen LogP contribution is 2.23. The zero-order valence-corrected chi connectivity index (χ0v) is 9.85. The van der Waals surface area contributed by atoms with E-state index in [0.717, 1.165) is 5.56 Å². The van der Waals surface area contributed by atoms with E-state index in [1.54, 1.807) is 17.6 Å². The summed E-state index contributed by atoms with van der Waals surface area (Å²) in [6.45, 7) is 1.92. The molecule has 0 saturated carbocycles. The smallest absolute Gasteiger partial charge is 0.269 e. The summed E-state index contributed by atoms with van der Waals surface area (Å²) < 4.78 is 0. The molecule has 0 amide bonds. The Morgan fingerprint density at radius 1 is 1.53 bits per heavy atom. The summed E-state index contributed by atoms with van der Waals surface area (Å²) in [5.41, 5.74) is 2.56. The van der Waals surface area contributed by atoms with Crippen LogP contribution in [0.15, 0.2) is 29.8 Å². The quantitative estimate of drug-likeness (QED) is 0.666. The van der Waals surface area contributed by atoms with Gasteiger partial charge in [-0.3, -0.25) is 10.1 Å². The molecule has 1 N–H and O–H groups in total. The molecule has 0 aliphatic heterocycles. The van der Waals surface area contributed by atoms with Gasteiger partial charge in [0.1, 0.15) is 5.51 Å². The van der Waals surface area contributed by atoms with Gasteiger partial charge >= 0.3 is 0 Å². The lowest BCUT2D eigenvalue weighted by atomic mass is 10.1. The van der Waals surface area contributed by atoms with Crippen LogP contribution in [-0.2, 0) is 0 Å². The Morgan fingerprint density at radius 2 is 2.35 bits per heavy atom. The summed E-state index contributed by atoms with van der Waals surface area (Å²) >= 11 is 1.39. The van der Waals surface area contributed by atoms with Crippen LogP contribution in [0.25, 0.3) is 0 Å². The number of hydrogen-bond donors (Lipinski definition) is 1. The maximum absolute atomic E-state index is 10.7. The second kappa shape index (κ2) is 4.88. The van der Waals surface area contributed by atoms with Crippen molar-refractivity contribution >= 4 is 22.2 Å². The predicted octanol–water partition coefficient (Wildman–Crippen LogP) is 2.62. The second-order valence-electron chi connectivity index (χ2n) is 3.46. The molecule has 0 fully saturated rings. The highest BCUT2D eigenvalue weighted by molar-refractivity contribution is 7.13. The fourth-order valence-corrected chi connectivity index (χ4v) is 1.95. The van der Waals surface area contributed by atoms with E-state index in [-0.39, 0.29) is 11.7 Å². The van der Waals surface area contributed by atoms with E-state index >= 15 is 0 Å². The van der Waals surface area contributed by atoms with Crippen molar-refractivity contribution in [1.82, 2.24) is 10.2 Å². The highest BCUT2D eigenvalue weighted by Gasteiger charge is 2.11. The molecule has 0 bridgehead atoms. The van der Waals surface area contributed by atoms with Crippen molar-refractivity contribution in [1.29, 1.82) is 0 Å². The fraction of sp³-hybridized carbons (Fsp3) is 0.200. The van der Waals surface area contributed by atoms with Crippen molar-refractivity contribution < 1.29 is 4.92 Å². The fourth-order valence-electron chi connectivity index (χ4n) is 1.41. The van der Waals surface area contributed by atoms with Gasteiger partial charge in [0.2, 0.25) is 5.13 Å². The summed E-state index contributed by atoms with van der Waals surface area (Å²) in [5.74, 6) is 0. The van der Waals surface area contributed by atoms with Crippen LogP contribution in [0.4, 0.5) is 10.8 Å². The minimum Gasteiger partial charge on any atom is -0.354 e. The number of aromatic nitrogens is 2. The molecule has 88 valence electrons. The molecule has 0 aliphatic carbocycles. The van der Waals surface area contributed by atoms with Crippen molar-refractivity contribution in [3.8, 4) is 0 Å². The van der Waals surface area contributed by atoms with Crippen molar-refractivity contribution in [3.63, 3.8) is 0 Å². The van der Waals surface area contributed by atoms with Gasteiger partial charge in [-0.15, -0.1) is 10.2 Å². The molecule has 0 saturated heterocycles. The molecule has 1 aromatic heterocycles. The van der Waals surface area contributed by atoms with Gasteiger partial charge in [-0.25, -0.2) is 0 Å². The highest BCUT2D eigenvalue weighted by atomic mass is 32.1. The van der Waals surface area contributed by atoms with Crippen LogP contribution in [0.1, 0.15) is 18.5 Å². The van der Waals surface area contributed by atoms with Gasteiger partial charge in [0.25, 0.3) is 5.69 Å². The summed E-state index contributed by atoms with van der Waals surface area (Å²) in [6.07, 6.45) is 0. The molecule has 7 heteroatoms. The lowest BCUT2D eigenvalue weighted by Gasteiger charge is -2.12. The van der Waals surface area contributed by atoms with Gasteiger partial charge in [-0.2, -0.15) is 0 Å². The third-order valence-corrected chi connectivity index (χ3v) is 2.90. The molecule has 0 aliphatic rings. The number of nitro benzene ring substituents is 1. The first kappa shape index (κ1) is 11.5. The van der Waals surface area contributed by atoms with Gasteiger partial charge in [0.05, 0.1) is 11.0 Å². The maximum atomic E-state index is 10.7. The van der Waals surface area contributed by atoms with E-state index in [1.807, 2.05) is 13.0 Å². The van der Waals surface area contributed by atoms with E-state index in [2.05, 4.69) is 15.5 Å². The summed E-state index contributed by atoms with van der Waals surface area (Å²) in [7, 11) is 0. The Bertz CT molecular complexity index is 515. The van der Waals surface area contributed by atoms with Gasteiger partial charge in [0, 0.05) is 12.1 Å². The molecule has 1 atom stereocenters. The largest absolute Gasteiger partial charge is 0.354 e. The number of anilines is 1. The van der Waals surface area contributed by atoms with Gasteiger partial charge < -0.3 is 5.32 Å². The first-order valence-corrected chi connectivity index (χ1v) is 5.82. The van der Waals surface area contributed by atoms with Crippen LogP contribution in [0.2, 0.25) is 0 Å². The van der Waals surface area contributed by atoms with Crippen molar-refractivity contribution in [3.05, 3.63) is 45.5 Å². The molecule has 17 heavy (non-hydrogen) atoms. The summed E-state index contributed by atoms with van der Waals surface area (Å²) in [4.78, 5) is 10.3. The molecule has 0 radical (unpaired) electrons. The molecular formula is C10H10N4O2S. The maximum Gasteiger partial charge on any atom is 0.269 e. The molecule has 1 heterocycles. The predicted molar refractivity (Wildman–Crippen MR) is 65.0 cm³/mol. The molecule has 2 aromatic rings. The first-order valence-electron chi connectivity index (χ1n) is 4.94. The van der Waals surface area contributed by atoms with E-state index in [4.69, 9.17) is 0 Å². The number of non-ortho nitro benzene ring substituents is 1. The van der Waals surface area contributed by atoms with Crippen LogP contribution in [0, 0.1) is 10.1 Å². The van der Waals surface area contributed by atoms with Crippen LogP contribution in [0.5, 0.6) is 0 Å². The zero-order valence-electron chi connectivity index (χ0n) is 9.03. The number of nitrogens with one attached hydrogen (secondary N) is 1. The number of rotatable bonds is 4. The van der Waals surface area contributed by atoms with Gasteiger partial charge in [-0.05, 0) is 12.5 Å². The SMILES string of the molecule is CC(Nc1nncs1)c1cccc([N+](=O)[O-])c1. The summed E-state index contributed by atoms with van der Waals surface area (Å²) in [6, 6.07) is 6.49. The third kappa shape index (κ3) is 2.76. The first-order chi connectivity index (χ1) is 8.16. The normalized spacial score (nSPS) is 12.1. The van der Waals surface area contributed by atoms with Crippen molar-refractivity contribution in [2.45, 2.75) is 13.0 Å². The number of nitro groups is 1. The molecule has 1 unspecified atom stereocenters. The average Bonchev–Trinajstić information content (AvgIpc) is 2.82. The zero-order chi connectivity index (χ0) is 12.3. The van der Waals surface area contributed by atoms with E-state index in [0.29, 0.717) is 5.13 Å². The second-order valence-corrected chi connectivity index (χ2v) is 4.30. The van der Waals surface area contributed by atoms with Crippen molar-refractivity contribution in [2.24, 2.45) is 0 Å². The minimum atomic E-state index is -0.402. The topological polar surface area (TPSA) is 81.0 Å². The van der Waals surface area contributed by atoms with Crippen LogP contribution in [0.3, 0.4) is 0 Å². The molecule has 1 aromatic carbocycles. The number of hydrogen-bond acceptors (Lipinski definition) is 6. The molecular weight excluding hydrogens is 240 g/mol. The third-order valence-electron chi connectivity index (χ3n) is 2.28. The Kier molecular flexibility index (Phi) is 3.29. The lowest BCUT2D eigenvalue weighted by Crippen LogP contribution is -2.06. The Hall–Kier alpha value is -2.02. The monoisotopic (exact) mass is 250 g/mol. The molecule has 2 rings (SSSR count). The summed E-state index contributed by atoms with van der Waals surface area (Å²) in [5, 5.41) is 22.1. The van der Waals surface area contributed by atoms with Crippen LogP contribution in [-0.4, -0.2) is 15.1 Å². The molecule has 0 spiro atoms. The average molecular weight is 250 g/mol. The molecule has 6 nitrogen and oxygen atoms in total. The minimum absolute atomic E-state index is 0.0529. The number of nitrogens with zero attached hydrogens (tertiary/aromatic N) is 3. The standard InChI is InChI=1S/C10H10N4O2S/c1-7(12-10-13-11-6-17-10)8-3-2-4-9(5-8)14(15)16/h2-7H,1H3,(H,12,13). The lowest BCUT2D eigenvalue weighted by molar-refractivity contribution is -0.384. The van der Waals surface area contributed by atoms with E-state index < -0.39 is 4.92 Å². The van der Waals surface area contributed by atoms with E-state index in [9.17, 15) is 10.1 Å². The Labute approximate surface area is 101 Å². The Morgan fingerprint density at radius 3 is 3.00 bits per heavy atom. The van der Waals surface area contributed by atoms with Crippen LogP contribution < -0.4 is 5.32 Å². The van der Waals surface area contributed by atoms with E-state index in [1.165, 1.54) is 17.4 Å². The van der Waals surface area contributed by atoms with Crippen LogP contribution >= 0.6 is 11.3 Å². The Balaban J connectivity index is 2.16. The van der Waals surface area contributed by atoms with Gasteiger partial charge in [0.15, 0.2) is 0 Å². The van der Waals surface area contributed by atoms with Crippen molar-refractivity contribution in [2.75, 3.05) is 5.32 Å².